The highest BCUT2D eigenvalue weighted by Gasteiger charge is 2.12. The Balaban J connectivity index is 1.88. The molecule has 0 aliphatic heterocycles. The summed E-state index contributed by atoms with van der Waals surface area (Å²) in [4.78, 5) is 30.1. The number of pyridine rings is 1. The van der Waals surface area contributed by atoms with Gasteiger partial charge in [0.05, 0.1) is 12.5 Å². The fourth-order valence-electron chi connectivity index (χ4n) is 1.53. The Labute approximate surface area is 116 Å². The minimum atomic E-state index is -0.573. The van der Waals surface area contributed by atoms with Gasteiger partial charge in [0.25, 0.3) is 5.91 Å². The lowest BCUT2D eigenvalue weighted by molar-refractivity contribution is 0.102. The zero-order chi connectivity index (χ0) is 14.1. The van der Waals surface area contributed by atoms with E-state index < -0.39 is 11.7 Å². The number of amides is 1. The van der Waals surface area contributed by atoms with E-state index in [1.165, 1.54) is 12.4 Å². The van der Waals surface area contributed by atoms with Gasteiger partial charge in [-0.15, -0.1) is 0 Å². The fraction of sp³-hybridized carbons (Fsp3) is 0. The molecule has 100 valence electrons. The highest BCUT2D eigenvalue weighted by atomic mass is 35.5. The van der Waals surface area contributed by atoms with Crippen molar-refractivity contribution in [2.75, 3.05) is 5.32 Å². The van der Waals surface area contributed by atoms with E-state index in [0.29, 0.717) is 11.2 Å². The molecule has 20 heavy (non-hydrogen) atoms. The van der Waals surface area contributed by atoms with Crippen LogP contribution in [0.4, 0.5) is 10.3 Å². The van der Waals surface area contributed by atoms with Crippen molar-refractivity contribution in [3.63, 3.8) is 0 Å². The predicted molar refractivity (Wildman–Crippen MR) is 68.8 cm³/mol. The summed E-state index contributed by atoms with van der Waals surface area (Å²) in [6.07, 6.45) is 2.36. The van der Waals surface area contributed by atoms with Crippen molar-refractivity contribution in [2.45, 2.75) is 0 Å². The number of nitrogens with zero attached hydrogens (tertiary/aromatic N) is 4. The van der Waals surface area contributed by atoms with Crippen LogP contribution in [0.25, 0.3) is 11.2 Å². The van der Waals surface area contributed by atoms with Crippen LogP contribution in [0, 0.1) is 5.82 Å². The van der Waals surface area contributed by atoms with Crippen LogP contribution >= 0.6 is 11.6 Å². The van der Waals surface area contributed by atoms with Crippen LogP contribution in [0.15, 0.2) is 24.7 Å². The summed E-state index contributed by atoms with van der Waals surface area (Å²) >= 11 is 5.91. The first kappa shape index (κ1) is 12.4. The number of rotatable bonds is 2. The van der Waals surface area contributed by atoms with Crippen LogP contribution in [0.3, 0.4) is 0 Å². The monoisotopic (exact) mass is 292 g/mol. The van der Waals surface area contributed by atoms with Gasteiger partial charge in [-0.1, -0.05) is 11.6 Å². The van der Waals surface area contributed by atoms with E-state index in [4.69, 9.17) is 11.6 Å². The first-order valence-corrected chi connectivity index (χ1v) is 5.81. The number of nitrogens with one attached hydrogen (secondary N) is 2. The number of aromatic amines is 1. The van der Waals surface area contributed by atoms with Crippen LogP contribution in [0.1, 0.15) is 10.5 Å². The van der Waals surface area contributed by atoms with Gasteiger partial charge in [0.2, 0.25) is 5.95 Å². The van der Waals surface area contributed by atoms with E-state index >= 15 is 0 Å². The number of carbonyl (C=O) groups is 1. The minimum absolute atomic E-state index is 0.00859. The summed E-state index contributed by atoms with van der Waals surface area (Å²) < 4.78 is 12.7. The third-order valence-electron chi connectivity index (χ3n) is 2.43. The molecular weight excluding hydrogens is 287 g/mol. The summed E-state index contributed by atoms with van der Waals surface area (Å²) in [6.45, 7) is 0. The molecule has 0 atom stereocenters. The van der Waals surface area contributed by atoms with Crippen LogP contribution < -0.4 is 5.32 Å². The number of H-pyrrole nitrogens is 1. The van der Waals surface area contributed by atoms with Crippen molar-refractivity contribution >= 4 is 34.6 Å². The summed E-state index contributed by atoms with van der Waals surface area (Å²) in [5, 5.41) is 2.55. The third kappa shape index (κ3) is 2.28. The van der Waals surface area contributed by atoms with Crippen molar-refractivity contribution in [1.82, 2.24) is 24.9 Å². The Kier molecular flexibility index (Phi) is 2.99. The minimum Gasteiger partial charge on any atom is -0.341 e. The average molecular weight is 293 g/mol. The van der Waals surface area contributed by atoms with Crippen LogP contribution in [-0.4, -0.2) is 30.8 Å². The Bertz CT molecular complexity index is 787. The SMILES string of the molecule is O=C(Nc1nc(Cl)c2[nH]cnc2n1)c1ccc(F)cn1. The number of hydrogen-bond acceptors (Lipinski definition) is 5. The highest BCUT2D eigenvalue weighted by Crippen LogP contribution is 2.18. The highest BCUT2D eigenvalue weighted by molar-refractivity contribution is 6.33. The van der Waals surface area contributed by atoms with E-state index in [2.05, 4.69) is 30.2 Å². The van der Waals surface area contributed by atoms with Crippen molar-refractivity contribution in [2.24, 2.45) is 0 Å². The van der Waals surface area contributed by atoms with Gasteiger partial charge in [0, 0.05) is 0 Å². The molecule has 9 heteroatoms. The van der Waals surface area contributed by atoms with Gasteiger partial charge in [-0.25, -0.2) is 14.4 Å². The first-order chi connectivity index (χ1) is 9.63. The van der Waals surface area contributed by atoms with Crippen molar-refractivity contribution in [3.8, 4) is 0 Å². The zero-order valence-electron chi connectivity index (χ0n) is 9.76. The molecule has 1 amide bonds. The second kappa shape index (κ2) is 4.82. The Morgan fingerprint density at radius 3 is 2.90 bits per heavy atom. The smallest absolute Gasteiger partial charge is 0.276 e. The van der Waals surface area contributed by atoms with E-state index in [9.17, 15) is 9.18 Å². The second-order valence-corrected chi connectivity index (χ2v) is 4.11. The molecule has 0 bridgehead atoms. The molecule has 2 N–H and O–H groups in total. The molecule has 0 saturated carbocycles. The topological polar surface area (TPSA) is 96.5 Å². The molecule has 3 aromatic rings. The second-order valence-electron chi connectivity index (χ2n) is 3.75. The number of anilines is 1. The lowest BCUT2D eigenvalue weighted by Crippen LogP contribution is -2.15. The largest absolute Gasteiger partial charge is 0.341 e. The van der Waals surface area contributed by atoms with Gasteiger partial charge in [0.1, 0.15) is 17.0 Å². The van der Waals surface area contributed by atoms with E-state index in [-0.39, 0.29) is 16.8 Å². The van der Waals surface area contributed by atoms with Crippen LogP contribution in [-0.2, 0) is 0 Å². The predicted octanol–water partition coefficient (Wildman–Crippen LogP) is 1.79. The first-order valence-electron chi connectivity index (χ1n) is 5.43. The molecule has 0 fully saturated rings. The Morgan fingerprint density at radius 2 is 2.15 bits per heavy atom. The quantitative estimate of drug-likeness (QED) is 0.702. The van der Waals surface area contributed by atoms with Crippen molar-refractivity contribution < 1.29 is 9.18 Å². The van der Waals surface area contributed by atoms with Crippen LogP contribution in [0.2, 0.25) is 5.15 Å². The Morgan fingerprint density at radius 1 is 1.30 bits per heavy atom. The molecule has 0 aliphatic rings. The number of carbonyl (C=O) groups excluding carboxylic acids is 1. The van der Waals surface area contributed by atoms with E-state index in [1.54, 1.807) is 0 Å². The maximum atomic E-state index is 12.7. The fourth-order valence-corrected chi connectivity index (χ4v) is 1.75. The van der Waals surface area contributed by atoms with Crippen molar-refractivity contribution in [1.29, 1.82) is 0 Å². The molecule has 0 aliphatic carbocycles. The molecule has 3 heterocycles. The van der Waals surface area contributed by atoms with Gasteiger partial charge >= 0.3 is 0 Å². The standard InChI is InChI=1S/C11H6ClFN6O/c12-8-7-9(16-4-15-7)18-11(17-8)19-10(20)6-2-1-5(13)3-14-6/h1-4H,(H2,15,16,17,18,19,20). The average Bonchev–Trinajstić information content (AvgIpc) is 2.88. The molecule has 0 radical (unpaired) electrons. The molecule has 0 unspecified atom stereocenters. The molecule has 0 aromatic carbocycles. The lowest BCUT2D eigenvalue weighted by atomic mass is 10.3. The number of halogens is 2. The number of fused-ring (bicyclic) bond motifs is 1. The number of hydrogen-bond donors (Lipinski definition) is 2. The molecule has 3 aromatic heterocycles. The number of aromatic nitrogens is 5. The van der Waals surface area contributed by atoms with E-state index in [1.807, 2.05) is 0 Å². The van der Waals surface area contributed by atoms with E-state index in [0.717, 1.165) is 12.3 Å². The molecular formula is C11H6ClFN6O. The summed E-state index contributed by atoms with van der Waals surface area (Å²) in [6, 6.07) is 2.38. The summed E-state index contributed by atoms with van der Waals surface area (Å²) in [5.74, 6) is -1.11. The zero-order valence-corrected chi connectivity index (χ0v) is 10.5. The molecule has 0 saturated heterocycles. The maximum absolute atomic E-state index is 12.7. The van der Waals surface area contributed by atoms with Gasteiger partial charge in [-0.05, 0) is 12.1 Å². The van der Waals surface area contributed by atoms with Gasteiger partial charge in [0.15, 0.2) is 10.8 Å². The molecule has 0 spiro atoms. The number of imidazole rings is 1. The summed E-state index contributed by atoms with van der Waals surface area (Å²) in [7, 11) is 0. The maximum Gasteiger partial charge on any atom is 0.276 e. The molecule has 7 nitrogen and oxygen atoms in total. The van der Waals surface area contributed by atoms with Gasteiger partial charge in [-0.3, -0.25) is 10.1 Å². The lowest BCUT2D eigenvalue weighted by Gasteiger charge is -2.03. The van der Waals surface area contributed by atoms with Gasteiger partial charge in [-0.2, -0.15) is 9.97 Å². The van der Waals surface area contributed by atoms with Crippen molar-refractivity contribution in [3.05, 3.63) is 41.3 Å². The molecule has 3 rings (SSSR count). The third-order valence-corrected chi connectivity index (χ3v) is 2.70. The Hall–Kier alpha value is -2.61. The van der Waals surface area contributed by atoms with Gasteiger partial charge < -0.3 is 4.98 Å². The normalized spacial score (nSPS) is 10.7. The summed E-state index contributed by atoms with van der Waals surface area (Å²) in [5.41, 5.74) is 0.838. The van der Waals surface area contributed by atoms with Crippen LogP contribution in [0.5, 0.6) is 0 Å².